The minimum Gasteiger partial charge on any atom is -0.382 e. The molecule has 0 saturated carbocycles. The average molecular weight is 249 g/mol. The largest absolute Gasteiger partial charge is 0.382 e. The van der Waals surface area contributed by atoms with Crippen LogP contribution in [0.4, 0.5) is 11.6 Å². The van der Waals surface area contributed by atoms with Crippen molar-refractivity contribution < 1.29 is 0 Å². The number of halogens is 1. The molecular formula is C12H13ClN4. The van der Waals surface area contributed by atoms with Gasteiger partial charge in [-0.3, -0.25) is 4.98 Å². The number of anilines is 2. The molecule has 88 valence electrons. The molecular weight excluding hydrogens is 236 g/mol. The summed E-state index contributed by atoms with van der Waals surface area (Å²) < 4.78 is 0. The fourth-order valence-electron chi connectivity index (χ4n) is 1.54. The second-order valence-electron chi connectivity index (χ2n) is 3.79. The molecule has 0 unspecified atom stereocenters. The first-order valence-electron chi connectivity index (χ1n) is 5.18. The van der Waals surface area contributed by atoms with E-state index < -0.39 is 0 Å². The quantitative estimate of drug-likeness (QED) is 0.906. The van der Waals surface area contributed by atoms with E-state index in [9.17, 15) is 0 Å². The zero-order chi connectivity index (χ0) is 12.3. The van der Waals surface area contributed by atoms with Crippen molar-refractivity contribution in [2.75, 3.05) is 17.7 Å². The van der Waals surface area contributed by atoms with Crippen LogP contribution >= 0.6 is 11.6 Å². The highest BCUT2D eigenvalue weighted by Crippen LogP contribution is 2.15. The summed E-state index contributed by atoms with van der Waals surface area (Å²) in [5.74, 6) is 1.16. The van der Waals surface area contributed by atoms with Crippen molar-refractivity contribution in [2.45, 2.75) is 6.54 Å². The third kappa shape index (κ3) is 3.07. The Hall–Kier alpha value is -1.81. The lowest BCUT2D eigenvalue weighted by molar-refractivity contribution is 0.892. The van der Waals surface area contributed by atoms with Gasteiger partial charge in [0.15, 0.2) is 0 Å². The highest BCUT2D eigenvalue weighted by molar-refractivity contribution is 6.30. The highest BCUT2D eigenvalue weighted by Gasteiger charge is 2.04. The summed E-state index contributed by atoms with van der Waals surface area (Å²) in [6, 6.07) is 7.72. The van der Waals surface area contributed by atoms with Crippen molar-refractivity contribution in [2.24, 2.45) is 0 Å². The Bertz CT molecular complexity index is 515. The van der Waals surface area contributed by atoms with Crippen LogP contribution in [0.15, 0.2) is 36.7 Å². The maximum absolute atomic E-state index is 5.93. The van der Waals surface area contributed by atoms with Gasteiger partial charge in [0, 0.05) is 18.6 Å². The summed E-state index contributed by atoms with van der Waals surface area (Å²) in [7, 11) is 1.93. The van der Waals surface area contributed by atoms with Crippen LogP contribution in [-0.2, 0) is 6.54 Å². The number of benzene rings is 1. The van der Waals surface area contributed by atoms with Crippen LogP contribution in [0.5, 0.6) is 0 Å². The molecule has 1 aromatic carbocycles. The molecule has 17 heavy (non-hydrogen) atoms. The van der Waals surface area contributed by atoms with Gasteiger partial charge in [0.25, 0.3) is 0 Å². The third-order valence-corrected chi connectivity index (χ3v) is 2.58. The van der Waals surface area contributed by atoms with Gasteiger partial charge >= 0.3 is 0 Å². The van der Waals surface area contributed by atoms with Crippen LogP contribution in [0.25, 0.3) is 0 Å². The molecule has 0 spiro atoms. The van der Waals surface area contributed by atoms with Gasteiger partial charge in [0.2, 0.25) is 0 Å². The molecule has 1 aromatic heterocycles. The fourth-order valence-corrected chi connectivity index (χ4v) is 1.76. The van der Waals surface area contributed by atoms with E-state index in [-0.39, 0.29) is 0 Å². The molecule has 5 heteroatoms. The normalized spacial score (nSPS) is 10.2. The number of rotatable bonds is 3. The van der Waals surface area contributed by atoms with E-state index in [2.05, 4.69) is 9.97 Å². The van der Waals surface area contributed by atoms with Crippen molar-refractivity contribution in [3.63, 3.8) is 0 Å². The maximum Gasteiger partial charge on any atom is 0.149 e. The molecule has 0 fully saturated rings. The molecule has 2 aromatic rings. The first kappa shape index (κ1) is 11.7. The van der Waals surface area contributed by atoms with E-state index in [1.54, 1.807) is 6.20 Å². The van der Waals surface area contributed by atoms with Crippen molar-refractivity contribution in [1.29, 1.82) is 0 Å². The van der Waals surface area contributed by atoms with Crippen molar-refractivity contribution >= 4 is 23.2 Å². The zero-order valence-corrected chi connectivity index (χ0v) is 10.2. The minimum absolute atomic E-state index is 0.417. The topological polar surface area (TPSA) is 55.0 Å². The molecule has 0 bridgehead atoms. The van der Waals surface area contributed by atoms with Gasteiger partial charge in [-0.25, -0.2) is 4.98 Å². The number of nitrogen functional groups attached to an aromatic ring is 1. The molecule has 0 amide bonds. The number of nitrogens with zero attached hydrogens (tertiary/aromatic N) is 3. The second-order valence-corrected chi connectivity index (χ2v) is 4.22. The van der Waals surface area contributed by atoms with E-state index in [0.29, 0.717) is 12.4 Å². The Morgan fingerprint density at radius 3 is 2.88 bits per heavy atom. The van der Waals surface area contributed by atoms with Crippen LogP contribution < -0.4 is 10.6 Å². The Morgan fingerprint density at radius 2 is 2.18 bits per heavy atom. The standard InChI is InChI=1S/C12H13ClN4/c1-17(12-7-15-6-11(14)16-12)8-9-3-2-4-10(13)5-9/h2-7H,8H2,1H3,(H2,14,16). The molecule has 0 radical (unpaired) electrons. The molecule has 0 aliphatic heterocycles. The predicted molar refractivity (Wildman–Crippen MR) is 70.0 cm³/mol. The molecule has 4 nitrogen and oxygen atoms in total. The summed E-state index contributed by atoms with van der Waals surface area (Å²) in [4.78, 5) is 10.2. The third-order valence-electron chi connectivity index (χ3n) is 2.34. The van der Waals surface area contributed by atoms with E-state index in [1.807, 2.05) is 36.2 Å². The molecule has 2 N–H and O–H groups in total. The van der Waals surface area contributed by atoms with Gasteiger partial charge < -0.3 is 10.6 Å². The maximum atomic E-state index is 5.93. The first-order chi connectivity index (χ1) is 8.15. The molecule has 2 rings (SSSR count). The van der Waals surface area contributed by atoms with Crippen LogP contribution in [0.1, 0.15) is 5.56 Å². The van der Waals surface area contributed by atoms with E-state index in [0.717, 1.165) is 16.4 Å². The SMILES string of the molecule is CN(Cc1cccc(Cl)c1)c1cncc(N)n1. The number of nitrogens with two attached hydrogens (primary N) is 1. The summed E-state index contributed by atoms with van der Waals surface area (Å²) in [6.07, 6.45) is 3.21. The summed E-state index contributed by atoms with van der Waals surface area (Å²) in [5.41, 5.74) is 6.71. The van der Waals surface area contributed by atoms with E-state index in [4.69, 9.17) is 17.3 Å². The number of hydrogen-bond acceptors (Lipinski definition) is 4. The van der Waals surface area contributed by atoms with Gasteiger partial charge in [-0.1, -0.05) is 23.7 Å². The van der Waals surface area contributed by atoms with Crippen LogP contribution in [0.2, 0.25) is 5.02 Å². The van der Waals surface area contributed by atoms with Crippen LogP contribution in [0, 0.1) is 0 Å². The molecule has 0 saturated heterocycles. The molecule has 0 aliphatic rings. The monoisotopic (exact) mass is 248 g/mol. The Morgan fingerprint density at radius 1 is 1.35 bits per heavy atom. The Labute approximate surface area is 105 Å². The summed E-state index contributed by atoms with van der Waals surface area (Å²) >= 11 is 5.93. The number of aromatic nitrogens is 2. The van der Waals surface area contributed by atoms with Crippen molar-refractivity contribution in [1.82, 2.24) is 9.97 Å². The van der Waals surface area contributed by atoms with Crippen LogP contribution in [0.3, 0.4) is 0 Å². The number of hydrogen-bond donors (Lipinski definition) is 1. The second kappa shape index (κ2) is 5.01. The van der Waals surface area contributed by atoms with Gasteiger partial charge in [-0.05, 0) is 17.7 Å². The summed E-state index contributed by atoms with van der Waals surface area (Å²) in [6.45, 7) is 0.707. The summed E-state index contributed by atoms with van der Waals surface area (Å²) in [5, 5.41) is 0.731. The first-order valence-corrected chi connectivity index (χ1v) is 5.56. The predicted octanol–water partition coefficient (Wildman–Crippen LogP) is 2.35. The van der Waals surface area contributed by atoms with Crippen LogP contribution in [-0.4, -0.2) is 17.0 Å². The van der Waals surface area contributed by atoms with E-state index in [1.165, 1.54) is 6.20 Å². The lowest BCUT2D eigenvalue weighted by Gasteiger charge is -2.18. The Kier molecular flexibility index (Phi) is 3.44. The van der Waals surface area contributed by atoms with Gasteiger partial charge in [0.05, 0.1) is 12.4 Å². The lowest BCUT2D eigenvalue weighted by atomic mass is 10.2. The van der Waals surface area contributed by atoms with Gasteiger partial charge in [-0.2, -0.15) is 0 Å². The van der Waals surface area contributed by atoms with Crippen molar-refractivity contribution in [3.05, 3.63) is 47.2 Å². The lowest BCUT2D eigenvalue weighted by Crippen LogP contribution is -2.18. The van der Waals surface area contributed by atoms with Crippen molar-refractivity contribution in [3.8, 4) is 0 Å². The molecule has 0 aliphatic carbocycles. The van der Waals surface area contributed by atoms with E-state index >= 15 is 0 Å². The van der Waals surface area contributed by atoms with Gasteiger partial charge in [0.1, 0.15) is 11.6 Å². The minimum atomic E-state index is 0.417. The average Bonchev–Trinajstić information content (AvgIpc) is 2.29. The smallest absolute Gasteiger partial charge is 0.149 e. The Balaban J connectivity index is 2.14. The molecule has 1 heterocycles. The van der Waals surface area contributed by atoms with Gasteiger partial charge in [-0.15, -0.1) is 0 Å². The fraction of sp³-hybridized carbons (Fsp3) is 0.167. The molecule has 0 atom stereocenters. The highest BCUT2D eigenvalue weighted by atomic mass is 35.5. The zero-order valence-electron chi connectivity index (χ0n) is 9.47.